The zero-order valence-corrected chi connectivity index (χ0v) is 14.2. The van der Waals surface area contributed by atoms with Crippen LogP contribution in [0.4, 0.5) is 0 Å². The molecule has 3 rings (SSSR count). The average Bonchev–Trinajstić information content (AvgIpc) is 2.81. The van der Waals surface area contributed by atoms with E-state index in [1.54, 1.807) is 12.4 Å². The van der Waals surface area contributed by atoms with Crippen LogP contribution in [-0.2, 0) is 24.2 Å². The summed E-state index contributed by atoms with van der Waals surface area (Å²) in [5.41, 5.74) is 0.904. The highest BCUT2D eigenvalue weighted by molar-refractivity contribution is 5.78. The van der Waals surface area contributed by atoms with Crippen LogP contribution in [0, 0.1) is 5.92 Å². The van der Waals surface area contributed by atoms with Crippen LogP contribution in [0.15, 0.2) is 24.5 Å². The monoisotopic (exact) mass is 328 g/mol. The van der Waals surface area contributed by atoms with Gasteiger partial charge in [-0.1, -0.05) is 19.9 Å². The number of rotatable bonds is 5. The Kier molecular flexibility index (Phi) is 5.20. The maximum absolute atomic E-state index is 12.4. The first-order valence-corrected chi connectivity index (χ1v) is 8.46. The molecule has 24 heavy (non-hydrogen) atoms. The molecular formula is C17H24N6O. The van der Waals surface area contributed by atoms with Crippen molar-refractivity contribution in [1.82, 2.24) is 30.4 Å². The minimum absolute atomic E-state index is 0.0224. The third-order valence-corrected chi connectivity index (χ3v) is 4.24. The van der Waals surface area contributed by atoms with Gasteiger partial charge in [0, 0.05) is 38.4 Å². The van der Waals surface area contributed by atoms with Gasteiger partial charge in [0.2, 0.25) is 5.91 Å². The number of nitrogens with zero attached hydrogens (tertiary/aromatic N) is 4. The van der Waals surface area contributed by atoms with E-state index in [0.717, 1.165) is 43.3 Å². The third kappa shape index (κ3) is 3.79. The van der Waals surface area contributed by atoms with E-state index in [4.69, 9.17) is 0 Å². The highest BCUT2D eigenvalue weighted by atomic mass is 16.1. The van der Waals surface area contributed by atoms with Crippen molar-refractivity contribution in [1.29, 1.82) is 0 Å². The van der Waals surface area contributed by atoms with Gasteiger partial charge in [-0.05, 0) is 17.5 Å². The first-order chi connectivity index (χ1) is 11.6. The van der Waals surface area contributed by atoms with Crippen molar-refractivity contribution in [3.05, 3.63) is 41.7 Å². The lowest BCUT2D eigenvalue weighted by Gasteiger charge is -2.22. The molecule has 0 aliphatic carbocycles. The van der Waals surface area contributed by atoms with E-state index >= 15 is 0 Å². The molecule has 3 heterocycles. The molecule has 2 aromatic rings. The van der Waals surface area contributed by atoms with Gasteiger partial charge < -0.3 is 15.2 Å². The summed E-state index contributed by atoms with van der Waals surface area (Å²) in [5.74, 6) is 2.04. The molecule has 1 aliphatic rings. The summed E-state index contributed by atoms with van der Waals surface area (Å²) in [5, 5.41) is 15.2. The van der Waals surface area contributed by atoms with Crippen molar-refractivity contribution in [2.24, 2.45) is 5.92 Å². The second-order valence-electron chi connectivity index (χ2n) is 6.45. The van der Waals surface area contributed by atoms with Crippen molar-refractivity contribution in [2.45, 2.75) is 39.3 Å². The summed E-state index contributed by atoms with van der Waals surface area (Å²) >= 11 is 0. The fraction of sp³-hybridized carbons (Fsp3) is 0.529. The van der Waals surface area contributed by atoms with Crippen LogP contribution >= 0.6 is 0 Å². The van der Waals surface area contributed by atoms with Crippen LogP contribution < -0.4 is 10.6 Å². The van der Waals surface area contributed by atoms with Gasteiger partial charge in [0.1, 0.15) is 5.82 Å². The molecular weight excluding hydrogens is 304 g/mol. The molecule has 2 N–H and O–H groups in total. The number of fused-ring (bicyclic) bond motifs is 1. The Morgan fingerprint density at radius 1 is 1.38 bits per heavy atom. The Morgan fingerprint density at radius 3 is 3.00 bits per heavy atom. The predicted molar refractivity (Wildman–Crippen MR) is 90.3 cm³/mol. The smallest absolute Gasteiger partial charge is 0.225 e. The van der Waals surface area contributed by atoms with Gasteiger partial charge in [0.15, 0.2) is 5.82 Å². The number of amides is 1. The molecule has 0 unspecified atom stereocenters. The van der Waals surface area contributed by atoms with Crippen molar-refractivity contribution in [3.63, 3.8) is 0 Å². The topological polar surface area (TPSA) is 84.7 Å². The minimum Gasteiger partial charge on any atom is -0.346 e. The standard InChI is InChI=1S/C17H24N6O/c1-12(2)16(20-15(24)10-13-4-3-6-19-11-13)17-22-21-14-5-7-18-8-9-23(14)17/h3-4,6,11-12,16,18H,5,7-10H2,1-2H3,(H,20,24)/t16-/m0/s1. The number of hydrogen-bond acceptors (Lipinski definition) is 5. The van der Waals surface area contributed by atoms with E-state index in [0.29, 0.717) is 6.42 Å². The van der Waals surface area contributed by atoms with Crippen LogP contribution in [0.1, 0.15) is 37.1 Å². The van der Waals surface area contributed by atoms with Crippen LogP contribution in [0.2, 0.25) is 0 Å². The highest BCUT2D eigenvalue weighted by Gasteiger charge is 2.26. The van der Waals surface area contributed by atoms with Crippen molar-refractivity contribution >= 4 is 5.91 Å². The van der Waals surface area contributed by atoms with Gasteiger partial charge in [-0.2, -0.15) is 0 Å². The maximum Gasteiger partial charge on any atom is 0.225 e. The second kappa shape index (κ2) is 7.53. The van der Waals surface area contributed by atoms with E-state index in [-0.39, 0.29) is 17.9 Å². The molecule has 2 aromatic heterocycles. The summed E-state index contributed by atoms with van der Waals surface area (Å²) in [6.07, 6.45) is 4.61. The lowest BCUT2D eigenvalue weighted by Crippen LogP contribution is -2.35. The minimum atomic E-state index is -0.145. The van der Waals surface area contributed by atoms with Crippen molar-refractivity contribution in [2.75, 3.05) is 13.1 Å². The molecule has 0 spiro atoms. The molecule has 7 heteroatoms. The lowest BCUT2D eigenvalue weighted by molar-refractivity contribution is -0.121. The number of hydrogen-bond donors (Lipinski definition) is 2. The maximum atomic E-state index is 12.4. The molecule has 0 fully saturated rings. The number of pyridine rings is 1. The first-order valence-electron chi connectivity index (χ1n) is 8.46. The van der Waals surface area contributed by atoms with E-state index in [1.807, 2.05) is 12.1 Å². The average molecular weight is 328 g/mol. The van der Waals surface area contributed by atoms with Gasteiger partial charge in [-0.25, -0.2) is 0 Å². The van der Waals surface area contributed by atoms with Gasteiger partial charge >= 0.3 is 0 Å². The zero-order chi connectivity index (χ0) is 16.9. The molecule has 0 bridgehead atoms. The van der Waals surface area contributed by atoms with Crippen LogP contribution in [0.3, 0.4) is 0 Å². The first kappa shape index (κ1) is 16.6. The lowest BCUT2D eigenvalue weighted by atomic mass is 10.0. The molecule has 0 aromatic carbocycles. The highest BCUT2D eigenvalue weighted by Crippen LogP contribution is 2.22. The molecule has 1 atom stereocenters. The molecule has 0 radical (unpaired) electrons. The SMILES string of the molecule is CC(C)[C@H](NC(=O)Cc1cccnc1)c1nnc2n1CCNCC2. The fourth-order valence-corrected chi connectivity index (χ4v) is 2.97. The van der Waals surface area contributed by atoms with Crippen LogP contribution in [0.25, 0.3) is 0 Å². The van der Waals surface area contributed by atoms with Crippen LogP contribution in [0.5, 0.6) is 0 Å². The summed E-state index contributed by atoms with van der Waals surface area (Å²) in [6.45, 7) is 6.82. The summed E-state index contributed by atoms with van der Waals surface area (Å²) in [7, 11) is 0. The Balaban J connectivity index is 1.76. The molecule has 1 amide bonds. The summed E-state index contributed by atoms with van der Waals surface area (Å²) in [4.78, 5) is 16.5. The molecule has 7 nitrogen and oxygen atoms in total. The number of carbonyl (C=O) groups is 1. The number of carbonyl (C=O) groups excluding carboxylic acids is 1. The van der Waals surface area contributed by atoms with Gasteiger partial charge in [-0.15, -0.1) is 10.2 Å². The normalized spacial score (nSPS) is 15.6. The van der Waals surface area contributed by atoms with Crippen molar-refractivity contribution < 1.29 is 4.79 Å². The Morgan fingerprint density at radius 2 is 2.25 bits per heavy atom. The van der Waals surface area contributed by atoms with Crippen LogP contribution in [-0.4, -0.2) is 38.7 Å². The van der Waals surface area contributed by atoms with Gasteiger partial charge in [0.25, 0.3) is 0 Å². The molecule has 0 saturated heterocycles. The molecule has 0 saturated carbocycles. The summed E-state index contributed by atoms with van der Waals surface area (Å²) in [6, 6.07) is 3.60. The van der Waals surface area contributed by atoms with E-state index in [2.05, 4.69) is 44.2 Å². The number of nitrogens with one attached hydrogen (secondary N) is 2. The Hall–Kier alpha value is -2.28. The van der Waals surface area contributed by atoms with E-state index in [9.17, 15) is 4.79 Å². The van der Waals surface area contributed by atoms with Gasteiger partial charge in [0.05, 0.1) is 12.5 Å². The van der Waals surface area contributed by atoms with E-state index in [1.165, 1.54) is 0 Å². The third-order valence-electron chi connectivity index (χ3n) is 4.24. The summed E-state index contributed by atoms with van der Waals surface area (Å²) < 4.78 is 2.15. The molecule has 128 valence electrons. The van der Waals surface area contributed by atoms with Crippen molar-refractivity contribution in [3.8, 4) is 0 Å². The Bertz CT molecular complexity index is 682. The fourth-order valence-electron chi connectivity index (χ4n) is 2.97. The molecule has 1 aliphatic heterocycles. The Labute approximate surface area is 141 Å². The predicted octanol–water partition coefficient (Wildman–Crippen LogP) is 0.875. The second-order valence-corrected chi connectivity index (χ2v) is 6.45. The quantitative estimate of drug-likeness (QED) is 0.851. The van der Waals surface area contributed by atoms with Gasteiger partial charge in [-0.3, -0.25) is 9.78 Å². The zero-order valence-electron chi connectivity index (χ0n) is 14.2. The largest absolute Gasteiger partial charge is 0.346 e. The number of aromatic nitrogens is 4. The van der Waals surface area contributed by atoms with E-state index < -0.39 is 0 Å².